The second-order valence-electron chi connectivity index (χ2n) is 4.27. The predicted octanol–water partition coefficient (Wildman–Crippen LogP) is 2.40. The molecule has 1 atom stereocenters. The van der Waals surface area contributed by atoms with Gasteiger partial charge in [-0.2, -0.15) is 0 Å². The van der Waals surface area contributed by atoms with Crippen LogP contribution in [-0.4, -0.2) is 11.7 Å². The van der Waals surface area contributed by atoms with Crippen molar-refractivity contribution in [3.05, 3.63) is 35.4 Å². The maximum Gasteiger partial charge on any atom is 0.163 e. The highest BCUT2D eigenvalue weighted by atomic mass is 35.5. The monoisotopic (exact) mass is 251 g/mol. The van der Waals surface area contributed by atoms with E-state index < -0.39 is 23.1 Å². The fraction of sp³-hybridized carbons (Fsp3) is 0.455. The first-order valence-electron chi connectivity index (χ1n) is 4.70. The Kier molecular flexibility index (Phi) is 5.32. The van der Waals surface area contributed by atoms with Crippen LogP contribution < -0.4 is 5.73 Å². The molecule has 0 radical (unpaired) electrons. The third-order valence-electron chi connectivity index (χ3n) is 2.57. The van der Waals surface area contributed by atoms with Crippen molar-refractivity contribution in [2.24, 2.45) is 11.1 Å². The summed E-state index contributed by atoms with van der Waals surface area (Å²) in [4.78, 5) is 0. The minimum atomic E-state index is -0.938. The third kappa shape index (κ3) is 2.90. The van der Waals surface area contributed by atoms with Crippen LogP contribution in [0.15, 0.2) is 18.2 Å². The SMILES string of the molecule is CC(C)(CO)[C@H](N)c1cccc(F)c1F.Cl. The summed E-state index contributed by atoms with van der Waals surface area (Å²) in [6.07, 6.45) is 0. The van der Waals surface area contributed by atoms with Gasteiger partial charge in [0.1, 0.15) is 0 Å². The van der Waals surface area contributed by atoms with E-state index in [2.05, 4.69) is 0 Å². The normalized spacial score (nSPS) is 13.1. The summed E-state index contributed by atoms with van der Waals surface area (Å²) in [5.41, 5.74) is 5.19. The Morgan fingerprint density at radius 3 is 2.44 bits per heavy atom. The first kappa shape index (κ1) is 15.3. The summed E-state index contributed by atoms with van der Waals surface area (Å²) >= 11 is 0. The van der Waals surface area contributed by atoms with Crippen molar-refractivity contribution in [2.45, 2.75) is 19.9 Å². The number of aliphatic hydroxyl groups is 1. The molecule has 0 saturated carbocycles. The zero-order valence-corrected chi connectivity index (χ0v) is 10.0. The zero-order chi connectivity index (χ0) is 11.6. The predicted molar refractivity (Wildman–Crippen MR) is 61.4 cm³/mol. The summed E-state index contributed by atoms with van der Waals surface area (Å²) in [6.45, 7) is 3.20. The van der Waals surface area contributed by atoms with E-state index >= 15 is 0 Å². The quantitative estimate of drug-likeness (QED) is 0.867. The molecule has 3 N–H and O–H groups in total. The first-order chi connectivity index (χ1) is 6.90. The summed E-state index contributed by atoms with van der Waals surface area (Å²) in [5.74, 6) is -1.86. The van der Waals surface area contributed by atoms with Gasteiger partial charge in [0.15, 0.2) is 11.6 Å². The lowest BCUT2D eigenvalue weighted by Crippen LogP contribution is -2.33. The van der Waals surface area contributed by atoms with Gasteiger partial charge < -0.3 is 10.8 Å². The Morgan fingerprint density at radius 2 is 1.94 bits per heavy atom. The van der Waals surface area contributed by atoms with Crippen molar-refractivity contribution in [2.75, 3.05) is 6.61 Å². The second-order valence-corrected chi connectivity index (χ2v) is 4.27. The Hall–Kier alpha value is -0.710. The Morgan fingerprint density at radius 1 is 1.38 bits per heavy atom. The molecule has 0 aliphatic heterocycles. The van der Waals surface area contributed by atoms with Gasteiger partial charge in [0, 0.05) is 23.6 Å². The molecule has 0 bridgehead atoms. The third-order valence-corrected chi connectivity index (χ3v) is 2.57. The maximum absolute atomic E-state index is 13.4. The number of hydrogen-bond donors (Lipinski definition) is 2. The average molecular weight is 252 g/mol. The molecule has 92 valence electrons. The fourth-order valence-corrected chi connectivity index (χ4v) is 1.28. The van der Waals surface area contributed by atoms with Crippen LogP contribution in [0.2, 0.25) is 0 Å². The Balaban J connectivity index is 0.00000225. The molecule has 0 aliphatic rings. The van der Waals surface area contributed by atoms with Crippen molar-refractivity contribution >= 4 is 12.4 Å². The molecule has 0 fully saturated rings. The average Bonchev–Trinajstić information content (AvgIpc) is 2.21. The van der Waals surface area contributed by atoms with Crippen LogP contribution in [0.5, 0.6) is 0 Å². The topological polar surface area (TPSA) is 46.2 Å². The van der Waals surface area contributed by atoms with Crippen molar-refractivity contribution < 1.29 is 13.9 Å². The van der Waals surface area contributed by atoms with Crippen molar-refractivity contribution in [3.8, 4) is 0 Å². The number of rotatable bonds is 3. The fourth-order valence-electron chi connectivity index (χ4n) is 1.28. The lowest BCUT2D eigenvalue weighted by atomic mass is 9.81. The van der Waals surface area contributed by atoms with Gasteiger partial charge in [0.2, 0.25) is 0 Å². The van der Waals surface area contributed by atoms with Gasteiger partial charge in [-0.1, -0.05) is 26.0 Å². The van der Waals surface area contributed by atoms with Crippen LogP contribution in [-0.2, 0) is 0 Å². The van der Waals surface area contributed by atoms with Crippen molar-refractivity contribution in [3.63, 3.8) is 0 Å². The van der Waals surface area contributed by atoms with Crippen molar-refractivity contribution in [1.82, 2.24) is 0 Å². The van der Waals surface area contributed by atoms with Gasteiger partial charge in [-0.25, -0.2) is 8.78 Å². The lowest BCUT2D eigenvalue weighted by Gasteiger charge is -2.29. The van der Waals surface area contributed by atoms with Crippen LogP contribution in [0.3, 0.4) is 0 Å². The molecule has 0 saturated heterocycles. The molecule has 16 heavy (non-hydrogen) atoms. The zero-order valence-electron chi connectivity index (χ0n) is 9.21. The van der Waals surface area contributed by atoms with Gasteiger partial charge in [0.25, 0.3) is 0 Å². The van der Waals surface area contributed by atoms with E-state index in [1.165, 1.54) is 12.1 Å². The van der Waals surface area contributed by atoms with Crippen LogP contribution >= 0.6 is 12.4 Å². The molecule has 0 aromatic heterocycles. The van der Waals surface area contributed by atoms with Gasteiger partial charge in [-0.05, 0) is 6.07 Å². The smallest absolute Gasteiger partial charge is 0.163 e. The first-order valence-corrected chi connectivity index (χ1v) is 4.70. The highest BCUT2D eigenvalue weighted by molar-refractivity contribution is 5.85. The van der Waals surface area contributed by atoms with Gasteiger partial charge in [-0.15, -0.1) is 12.4 Å². The minimum Gasteiger partial charge on any atom is -0.396 e. The molecule has 1 aromatic carbocycles. The molecule has 1 rings (SSSR count). The van der Waals surface area contributed by atoms with Crippen LogP contribution in [0.25, 0.3) is 0 Å². The molecule has 5 heteroatoms. The molecule has 1 aromatic rings. The van der Waals surface area contributed by atoms with Gasteiger partial charge in [-0.3, -0.25) is 0 Å². The Bertz CT molecular complexity index is 358. The minimum absolute atomic E-state index is 0. The molecule has 0 spiro atoms. The van der Waals surface area contributed by atoms with E-state index in [1.807, 2.05) is 0 Å². The largest absolute Gasteiger partial charge is 0.396 e. The van der Waals surface area contributed by atoms with Crippen LogP contribution in [0, 0.1) is 17.0 Å². The van der Waals surface area contributed by atoms with Gasteiger partial charge >= 0.3 is 0 Å². The number of benzene rings is 1. The second kappa shape index (κ2) is 5.57. The van der Waals surface area contributed by atoms with Gasteiger partial charge in [0.05, 0.1) is 0 Å². The number of nitrogens with two attached hydrogens (primary N) is 1. The van der Waals surface area contributed by atoms with E-state index in [0.29, 0.717) is 0 Å². The molecule has 2 nitrogen and oxygen atoms in total. The maximum atomic E-state index is 13.4. The van der Waals surface area contributed by atoms with E-state index in [-0.39, 0.29) is 24.6 Å². The summed E-state index contributed by atoms with van der Waals surface area (Å²) in [7, 11) is 0. The highest BCUT2D eigenvalue weighted by Crippen LogP contribution is 2.32. The highest BCUT2D eigenvalue weighted by Gasteiger charge is 2.29. The number of hydrogen-bond acceptors (Lipinski definition) is 2. The lowest BCUT2D eigenvalue weighted by molar-refractivity contribution is 0.130. The van der Waals surface area contributed by atoms with Crippen molar-refractivity contribution in [1.29, 1.82) is 0 Å². The standard InChI is InChI=1S/C11H15F2NO.ClH/c1-11(2,6-15)10(14)7-4-3-5-8(12)9(7)13;/h3-5,10,15H,6,14H2,1-2H3;1H/t10-;/m1./s1. The molecule has 0 heterocycles. The van der Waals surface area contributed by atoms with Crippen LogP contribution in [0.4, 0.5) is 8.78 Å². The molecule has 0 aliphatic carbocycles. The van der Waals surface area contributed by atoms with E-state index in [9.17, 15) is 8.78 Å². The molecular weight excluding hydrogens is 236 g/mol. The van der Waals surface area contributed by atoms with E-state index in [0.717, 1.165) is 6.07 Å². The number of halogens is 3. The van der Waals surface area contributed by atoms with Crippen LogP contribution in [0.1, 0.15) is 25.5 Å². The molecular formula is C11H16ClF2NO. The summed E-state index contributed by atoms with van der Waals surface area (Å²) in [6, 6.07) is 3.14. The Labute approximate surface area is 99.9 Å². The van der Waals surface area contributed by atoms with E-state index in [1.54, 1.807) is 13.8 Å². The summed E-state index contributed by atoms with van der Waals surface area (Å²) < 4.78 is 26.3. The summed E-state index contributed by atoms with van der Waals surface area (Å²) in [5, 5.41) is 9.09. The molecule has 0 amide bonds. The molecule has 0 unspecified atom stereocenters. The van der Waals surface area contributed by atoms with E-state index in [4.69, 9.17) is 10.8 Å². The number of aliphatic hydroxyl groups excluding tert-OH is 1.